The Morgan fingerprint density at radius 1 is 1.53 bits per heavy atom. The first-order chi connectivity index (χ1) is 8.91. The highest BCUT2D eigenvalue weighted by molar-refractivity contribution is 7.20. The first-order valence-electron chi connectivity index (χ1n) is 6.03. The molecular weight excluding hydrogens is 264 g/mol. The molecule has 6 heteroatoms. The highest BCUT2D eigenvalue weighted by Gasteiger charge is 2.20. The number of fused-ring (bicyclic) bond motifs is 1. The van der Waals surface area contributed by atoms with Gasteiger partial charge in [0.1, 0.15) is 9.71 Å². The minimum absolute atomic E-state index is 0.137. The van der Waals surface area contributed by atoms with Gasteiger partial charge in [0.25, 0.3) is 5.56 Å². The maximum absolute atomic E-state index is 12.0. The molecule has 0 aliphatic heterocycles. The first-order valence-corrected chi connectivity index (χ1v) is 6.85. The molecule has 2 heterocycles. The van der Waals surface area contributed by atoms with Gasteiger partial charge in [0.2, 0.25) is 0 Å². The van der Waals surface area contributed by atoms with Gasteiger partial charge in [-0.05, 0) is 18.4 Å². The topological polar surface area (TPSA) is 61.2 Å². The molecule has 0 N–H and O–H groups in total. The van der Waals surface area contributed by atoms with Crippen molar-refractivity contribution < 1.29 is 9.53 Å². The van der Waals surface area contributed by atoms with Gasteiger partial charge in [0, 0.05) is 7.05 Å². The molecule has 0 atom stereocenters. The molecule has 5 nitrogen and oxygen atoms in total. The van der Waals surface area contributed by atoms with Crippen LogP contribution in [0.15, 0.2) is 11.1 Å². The fourth-order valence-corrected chi connectivity index (χ4v) is 2.74. The zero-order valence-corrected chi connectivity index (χ0v) is 12.2. The first kappa shape index (κ1) is 13.7. The monoisotopic (exact) mass is 280 g/mol. The van der Waals surface area contributed by atoms with E-state index in [1.54, 1.807) is 14.0 Å². The van der Waals surface area contributed by atoms with Crippen LogP contribution in [-0.4, -0.2) is 22.1 Å². The number of rotatable bonds is 3. The number of carbonyl (C=O) groups is 1. The third-order valence-corrected chi connectivity index (χ3v) is 3.92. The summed E-state index contributed by atoms with van der Waals surface area (Å²) in [5.41, 5.74) is 0.518. The summed E-state index contributed by atoms with van der Waals surface area (Å²) in [6.07, 6.45) is 1.46. The highest BCUT2D eigenvalue weighted by atomic mass is 32.1. The van der Waals surface area contributed by atoms with Crippen LogP contribution >= 0.6 is 11.3 Å². The van der Waals surface area contributed by atoms with Crippen LogP contribution in [0.1, 0.15) is 29.1 Å². The summed E-state index contributed by atoms with van der Waals surface area (Å²) in [6.45, 7) is 6.08. The van der Waals surface area contributed by atoms with Crippen LogP contribution in [0.2, 0.25) is 0 Å². The lowest BCUT2D eigenvalue weighted by Crippen LogP contribution is -2.17. The molecule has 0 radical (unpaired) electrons. The minimum atomic E-state index is -0.378. The lowest BCUT2D eigenvalue weighted by molar-refractivity contribution is 0.0464. The van der Waals surface area contributed by atoms with Crippen LogP contribution in [0, 0.1) is 12.8 Å². The summed E-state index contributed by atoms with van der Waals surface area (Å²) in [6, 6.07) is 0. The molecule has 0 amide bonds. The van der Waals surface area contributed by atoms with E-state index in [0.29, 0.717) is 27.3 Å². The second-order valence-corrected chi connectivity index (χ2v) is 5.89. The van der Waals surface area contributed by atoms with Crippen LogP contribution in [0.5, 0.6) is 0 Å². The molecule has 2 rings (SSSR count). The number of esters is 1. The molecule has 0 aliphatic carbocycles. The molecule has 0 fully saturated rings. The van der Waals surface area contributed by atoms with E-state index in [9.17, 15) is 9.59 Å². The van der Waals surface area contributed by atoms with Crippen molar-refractivity contribution in [2.45, 2.75) is 20.8 Å². The van der Waals surface area contributed by atoms with Gasteiger partial charge in [0.05, 0.1) is 18.3 Å². The SMILES string of the molecule is Cc1c(C(=O)OCC(C)C)sc2ncn(C)c(=O)c12. The summed E-state index contributed by atoms with van der Waals surface area (Å²) >= 11 is 1.21. The van der Waals surface area contributed by atoms with Crippen LogP contribution in [0.3, 0.4) is 0 Å². The molecule has 102 valence electrons. The Morgan fingerprint density at radius 2 is 2.21 bits per heavy atom. The summed E-state index contributed by atoms with van der Waals surface area (Å²) in [7, 11) is 1.64. The van der Waals surface area contributed by atoms with E-state index in [2.05, 4.69) is 4.98 Å². The third kappa shape index (κ3) is 2.53. The second-order valence-electron chi connectivity index (χ2n) is 4.89. The van der Waals surface area contributed by atoms with Crippen molar-refractivity contribution in [1.29, 1.82) is 0 Å². The van der Waals surface area contributed by atoms with Gasteiger partial charge in [-0.3, -0.25) is 4.79 Å². The molecule has 0 unspecified atom stereocenters. The highest BCUT2D eigenvalue weighted by Crippen LogP contribution is 2.27. The van der Waals surface area contributed by atoms with Crippen molar-refractivity contribution in [2.24, 2.45) is 13.0 Å². The summed E-state index contributed by atoms with van der Waals surface area (Å²) in [5, 5.41) is 0.506. The normalized spacial score (nSPS) is 11.2. The van der Waals surface area contributed by atoms with Crippen LogP contribution in [0.25, 0.3) is 10.2 Å². The van der Waals surface area contributed by atoms with Gasteiger partial charge in [-0.25, -0.2) is 9.78 Å². The quantitative estimate of drug-likeness (QED) is 0.808. The van der Waals surface area contributed by atoms with Gasteiger partial charge in [-0.15, -0.1) is 11.3 Å². The van der Waals surface area contributed by atoms with Crippen molar-refractivity contribution in [1.82, 2.24) is 9.55 Å². The van der Waals surface area contributed by atoms with E-state index < -0.39 is 0 Å². The number of ether oxygens (including phenoxy) is 1. The zero-order chi connectivity index (χ0) is 14.2. The standard InChI is InChI=1S/C13H16N2O3S/c1-7(2)5-18-13(17)10-8(3)9-11(19-10)14-6-15(4)12(9)16/h6-7H,5H2,1-4H3. The molecule has 2 aromatic rings. The van der Waals surface area contributed by atoms with Crippen LogP contribution in [-0.2, 0) is 11.8 Å². The Hall–Kier alpha value is -1.69. The van der Waals surface area contributed by atoms with Crippen molar-refractivity contribution in [2.75, 3.05) is 6.61 Å². The van der Waals surface area contributed by atoms with Gasteiger partial charge in [0.15, 0.2) is 0 Å². The summed E-state index contributed by atoms with van der Waals surface area (Å²) < 4.78 is 6.61. The van der Waals surface area contributed by atoms with Gasteiger partial charge < -0.3 is 9.30 Å². The van der Waals surface area contributed by atoms with E-state index in [-0.39, 0.29) is 17.4 Å². The maximum Gasteiger partial charge on any atom is 0.348 e. The Balaban J connectivity index is 2.46. The molecule has 0 aromatic carbocycles. The fraction of sp³-hybridized carbons (Fsp3) is 0.462. The molecule has 19 heavy (non-hydrogen) atoms. The number of hydrogen-bond donors (Lipinski definition) is 0. The average Bonchev–Trinajstić information content (AvgIpc) is 2.69. The average molecular weight is 280 g/mol. The molecule has 2 aromatic heterocycles. The van der Waals surface area contributed by atoms with E-state index in [1.807, 2.05) is 13.8 Å². The van der Waals surface area contributed by atoms with E-state index in [4.69, 9.17) is 4.74 Å². The van der Waals surface area contributed by atoms with E-state index >= 15 is 0 Å². The predicted molar refractivity (Wildman–Crippen MR) is 74.7 cm³/mol. The van der Waals surface area contributed by atoms with Gasteiger partial charge in [-0.1, -0.05) is 13.8 Å². The zero-order valence-electron chi connectivity index (χ0n) is 11.4. The van der Waals surface area contributed by atoms with Crippen LogP contribution in [0.4, 0.5) is 0 Å². The molecule has 0 saturated carbocycles. The Kier molecular flexibility index (Phi) is 3.71. The number of nitrogens with zero attached hydrogens (tertiary/aromatic N) is 2. The molecule has 0 saturated heterocycles. The second kappa shape index (κ2) is 5.13. The Bertz CT molecular complexity index is 685. The smallest absolute Gasteiger partial charge is 0.348 e. The maximum atomic E-state index is 12.0. The fourth-order valence-electron chi connectivity index (χ4n) is 1.71. The molecule has 0 spiro atoms. The lowest BCUT2D eigenvalue weighted by Gasteiger charge is -2.05. The van der Waals surface area contributed by atoms with Gasteiger partial charge >= 0.3 is 5.97 Å². The van der Waals surface area contributed by atoms with Crippen LogP contribution < -0.4 is 5.56 Å². The number of aromatic nitrogens is 2. The summed E-state index contributed by atoms with van der Waals surface area (Å²) in [5.74, 6) is -0.0964. The molecular formula is C13H16N2O3S. The predicted octanol–water partition coefficient (Wildman–Crippen LogP) is 2.12. The lowest BCUT2D eigenvalue weighted by atomic mass is 10.2. The Labute approximate surface area is 114 Å². The van der Waals surface area contributed by atoms with Crippen molar-refractivity contribution in [3.05, 3.63) is 27.1 Å². The van der Waals surface area contributed by atoms with Crippen molar-refractivity contribution >= 4 is 27.5 Å². The van der Waals surface area contributed by atoms with Crippen molar-refractivity contribution in [3.63, 3.8) is 0 Å². The third-order valence-electron chi connectivity index (χ3n) is 2.74. The minimum Gasteiger partial charge on any atom is -0.461 e. The van der Waals surface area contributed by atoms with Crippen molar-refractivity contribution in [3.8, 4) is 0 Å². The van der Waals surface area contributed by atoms with E-state index in [1.165, 1.54) is 22.2 Å². The summed E-state index contributed by atoms with van der Waals surface area (Å²) in [4.78, 5) is 29.2. The van der Waals surface area contributed by atoms with E-state index in [0.717, 1.165) is 0 Å². The molecule has 0 bridgehead atoms. The largest absolute Gasteiger partial charge is 0.461 e. The number of aryl methyl sites for hydroxylation is 2. The number of carbonyl (C=O) groups excluding carboxylic acids is 1. The number of hydrogen-bond acceptors (Lipinski definition) is 5. The molecule has 0 aliphatic rings. The number of thiophene rings is 1. The Morgan fingerprint density at radius 3 is 2.84 bits per heavy atom. The van der Waals surface area contributed by atoms with Gasteiger partial charge in [-0.2, -0.15) is 0 Å².